The summed E-state index contributed by atoms with van der Waals surface area (Å²) in [5.74, 6) is 0. The van der Waals surface area contributed by atoms with Crippen molar-refractivity contribution in [1.29, 1.82) is 0 Å². The van der Waals surface area contributed by atoms with Crippen LogP contribution in [0.5, 0.6) is 0 Å². The van der Waals surface area contributed by atoms with Crippen LogP contribution in [0.2, 0.25) is 0 Å². The highest BCUT2D eigenvalue weighted by atomic mass is 15.1. The summed E-state index contributed by atoms with van der Waals surface area (Å²) in [4.78, 5) is 2.48. The molecule has 1 aromatic heterocycles. The Morgan fingerprint density at radius 1 is 0.418 bits per heavy atom. The minimum absolute atomic E-state index is 0.123. The molecule has 0 fully saturated rings. The van der Waals surface area contributed by atoms with E-state index in [-0.39, 0.29) is 5.41 Å². The summed E-state index contributed by atoms with van der Waals surface area (Å²) in [6.07, 6.45) is 0. The van der Waals surface area contributed by atoms with Crippen molar-refractivity contribution in [3.05, 3.63) is 205 Å². The van der Waals surface area contributed by atoms with Gasteiger partial charge in [-0.2, -0.15) is 0 Å². The third-order valence-corrected chi connectivity index (χ3v) is 11.9. The summed E-state index contributed by atoms with van der Waals surface area (Å²) in [7, 11) is 0. The first-order valence-corrected chi connectivity index (χ1v) is 19.2. The molecule has 0 bridgehead atoms. The fraction of sp³-hybridized carbons (Fsp3) is 0.0566. The molecular weight excluding hydrogens is 665 g/mol. The molecule has 0 spiro atoms. The van der Waals surface area contributed by atoms with Gasteiger partial charge in [0.15, 0.2) is 0 Å². The molecule has 1 heterocycles. The highest BCUT2D eigenvalue weighted by Gasteiger charge is 2.36. The molecule has 2 heteroatoms. The lowest BCUT2D eigenvalue weighted by molar-refractivity contribution is 0.660. The van der Waals surface area contributed by atoms with Gasteiger partial charge in [0, 0.05) is 33.2 Å². The highest BCUT2D eigenvalue weighted by Crippen LogP contribution is 2.52. The number of hydrogen-bond donors (Lipinski definition) is 0. The molecule has 2 nitrogen and oxygen atoms in total. The van der Waals surface area contributed by atoms with Gasteiger partial charge in [0.25, 0.3) is 0 Å². The maximum absolute atomic E-state index is 2.48. The topological polar surface area (TPSA) is 8.17 Å². The van der Waals surface area contributed by atoms with Crippen LogP contribution in [0, 0.1) is 0 Å². The van der Waals surface area contributed by atoms with E-state index in [4.69, 9.17) is 0 Å². The van der Waals surface area contributed by atoms with Crippen LogP contribution < -0.4 is 4.90 Å². The quantitative estimate of drug-likeness (QED) is 0.173. The average molecular weight is 703 g/mol. The first-order valence-electron chi connectivity index (χ1n) is 19.2. The van der Waals surface area contributed by atoms with Gasteiger partial charge in [0.05, 0.1) is 16.7 Å². The fourth-order valence-corrected chi connectivity index (χ4v) is 9.21. The van der Waals surface area contributed by atoms with Crippen molar-refractivity contribution < 1.29 is 0 Å². The molecule has 0 radical (unpaired) electrons. The number of rotatable bonds is 5. The molecule has 0 saturated heterocycles. The third-order valence-electron chi connectivity index (χ3n) is 11.9. The van der Waals surface area contributed by atoms with E-state index in [1.807, 2.05) is 0 Å². The van der Waals surface area contributed by atoms with Crippen LogP contribution in [-0.4, -0.2) is 4.57 Å². The monoisotopic (exact) mass is 702 g/mol. The number of benzene rings is 9. The summed E-state index contributed by atoms with van der Waals surface area (Å²) in [6, 6.07) is 71.5. The molecule has 9 aromatic carbocycles. The zero-order valence-electron chi connectivity index (χ0n) is 30.9. The van der Waals surface area contributed by atoms with Gasteiger partial charge >= 0.3 is 0 Å². The number of fused-ring (bicyclic) bond motifs is 8. The Kier molecular flexibility index (Phi) is 6.93. The van der Waals surface area contributed by atoms with Crippen molar-refractivity contribution in [1.82, 2.24) is 4.57 Å². The zero-order chi connectivity index (χ0) is 36.7. The lowest BCUT2D eigenvalue weighted by Gasteiger charge is -2.29. The van der Waals surface area contributed by atoms with Crippen LogP contribution in [0.1, 0.15) is 25.0 Å². The summed E-state index contributed by atoms with van der Waals surface area (Å²) >= 11 is 0. The fourth-order valence-electron chi connectivity index (χ4n) is 9.21. The van der Waals surface area contributed by atoms with Crippen LogP contribution >= 0.6 is 0 Å². The molecule has 0 aliphatic heterocycles. The van der Waals surface area contributed by atoms with Crippen molar-refractivity contribution >= 4 is 60.4 Å². The van der Waals surface area contributed by atoms with E-state index in [2.05, 4.69) is 217 Å². The molecule has 260 valence electrons. The van der Waals surface area contributed by atoms with Gasteiger partial charge in [-0.3, -0.25) is 0 Å². The lowest BCUT2D eigenvalue weighted by atomic mass is 9.82. The number of hydrogen-bond acceptors (Lipinski definition) is 1. The third kappa shape index (κ3) is 4.88. The smallest absolute Gasteiger partial charge is 0.0562 e. The largest absolute Gasteiger partial charge is 0.310 e. The predicted octanol–water partition coefficient (Wildman–Crippen LogP) is 14.5. The van der Waals surface area contributed by atoms with Gasteiger partial charge in [-0.25, -0.2) is 0 Å². The van der Waals surface area contributed by atoms with Gasteiger partial charge in [0.1, 0.15) is 0 Å². The van der Waals surface area contributed by atoms with Gasteiger partial charge < -0.3 is 9.47 Å². The average Bonchev–Trinajstić information content (AvgIpc) is 3.68. The SMILES string of the molecule is CC1(C)c2ccccc2-c2ccc(N(c3ccc(-c4ccccc4)cc3)c3cccc4c3c3cc5ccccc5cc3n4-c3ccc4ccccc4c3)cc21. The molecule has 0 N–H and O–H groups in total. The van der Waals surface area contributed by atoms with Crippen molar-refractivity contribution in [3.8, 4) is 27.9 Å². The molecule has 0 amide bonds. The second-order valence-corrected chi connectivity index (χ2v) is 15.4. The van der Waals surface area contributed by atoms with E-state index in [0.29, 0.717) is 0 Å². The maximum Gasteiger partial charge on any atom is 0.0562 e. The first kappa shape index (κ1) is 31.6. The Hall–Kier alpha value is -6.90. The molecule has 11 rings (SSSR count). The Bertz CT molecular complexity index is 3110. The van der Waals surface area contributed by atoms with E-state index < -0.39 is 0 Å². The number of anilines is 3. The van der Waals surface area contributed by atoms with E-state index in [1.165, 1.54) is 76.7 Å². The van der Waals surface area contributed by atoms with Crippen LogP contribution in [0.15, 0.2) is 194 Å². The molecule has 0 saturated carbocycles. The van der Waals surface area contributed by atoms with Gasteiger partial charge in [-0.05, 0) is 116 Å². The summed E-state index contributed by atoms with van der Waals surface area (Å²) in [5.41, 5.74) is 14.6. The summed E-state index contributed by atoms with van der Waals surface area (Å²) < 4.78 is 2.46. The van der Waals surface area contributed by atoms with Crippen molar-refractivity contribution in [2.75, 3.05) is 4.90 Å². The van der Waals surface area contributed by atoms with Gasteiger partial charge in [0.2, 0.25) is 0 Å². The maximum atomic E-state index is 2.48. The Morgan fingerprint density at radius 2 is 1.05 bits per heavy atom. The Labute approximate surface area is 321 Å². The summed E-state index contributed by atoms with van der Waals surface area (Å²) in [5, 5.41) is 7.40. The Balaban J connectivity index is 1.20. The molecule has 10 aromatic rings. The molecule has 0 unspecified atom stereocenters. The zero-order valence-corrected chi connectivity index (χ0v) is 30.9. The minimum Gasteiger partial charge on any atom is -0.310 e. The second kappa shape index (κ2) is 12.1. The van der Waals surface area contributed by atoms with Crippen LogP contribution in [0.3, 0.4) is 0 Å². The first-order chi connectivity index (χ1) is 27.0. The van der Waals surface area contributed by atoms with Crippen molar-refractivity contribution in [2.24, 2.45) is 0 Å². The van der Waals surface area contributed by atoms with Gasteiger partial charge in [-0.1, -0.05) is 147 Å². The minimum atomic E-state index is -0.123. The Morgan fingerprint density at radius 3 is 1.85 bits per heavy atom. The van der Waals surface area contributed by atoms with E-state index >= 15 is 0 Å². The number of aromatic nitrogens is 1. The standard InChI is InChI=1S/C53H38N2/c1-53(2)47-20-11-10-19-44(47)45-30-29-43(34-48(45)53)54(41-26-23-37(24-27-41)35-13-4-3-5-14-35)49-21-12-22-50-52(49)46-32-39-17-8-9-18-40(39)33-51(46)55(50)42-28-25-36-15-6-7-16-38(36)31-42/h3-34H,1-2H3. The van der Waals surface area contributed by atoms with Crippen molar-refractivity contribution in [3.63, 3.8) is 0 Å². The normalized spacial score (nSPS) is 13.1. The number of nitrogens with zero attached hydrogens (tertiary/aromatic N) is 2. The van der Waals surface area contributed by atoms with Crippen LogP contribution in [0.25, 0.3) is 71.3 Å². The van der Waals surface area contributed by atoms with Crippen molar-refractivity contribution in [2.45, 2.75) is 19.3 Å². The summed E-state index contributed by atoms with van der Waals surface area (Å²) in [6.45, 7) is 4.73. The van der Waals surface area contributed by atoms with E-state index in [0.717, 1.165) is 22.7 Å². The molecular formula is C53H38N2. The van der Waals surface area contributed by atoms with E-state index in [1.54, 1.807) is 0 Å². The second-order valence-electron chi connectivity index (χ2n) is 15.4. The lowest BCUT2D eigenvalue weighted by Crippen LogP contribution is -2.16. The van der Waals surface area contributed by atoms with E-state index in [9.17, 15) is 0 Å². The molecule has 55 heavy (non-hydrogen) atoms. The van der Waals surface area contributed by atoms with Crippen LogP contribution in [0.4, 0.5) is 17.1 Å². The van der Waals surface area contributed by atoms with Gasteiger partial charge in [-0.15, -0.1) is 0 Å². The highest BCUT2D eigenvalue weighted by molar-refractivity contribution is 6.19. The van der Waals surface area contributed by atoms with Crippen LogP contribution in [-0.2, 0) is 5.41 Å². The molecule has 1 aliphatic carbocycles. The predicted molar refractivity (Wildman–Crippen MR) is 233 cm³/mol. The molecule has 0 atom stereocenters. The molecule has 1 aliphatic rings.